The van der Waals surface area contributed by atoms with Crippen LogP contribution in [0.1, 0.15) is 74.9 Å². The molecule has 0 spiro atoms. The number of carbonyl (C=O) groups excluding carboxylic acids is 1. The second-order valence-corrected chi connectivity index (χ2v) is 5.39. The molecule has 0 radical (unpaired) electrons. The smallest absolute Gasteiger partial charge is 0.300 e. The molecule has 2 N–H and O–H groups in total. The maximum atomic E-state index is 11.4. The highest BCUT2D eigenvalue weighted by Gasteiger charge is 2.16. The monoisotopic (exact) mass is 280 g/mol. The highest BCUT2D eigenvalue weighted by Crippen LogP contribution is 2.34. The average molecular weight is 280 g/mol. The maximum absolute atomic E-state index is 11.4. The highest BCUT2D eigenvalue weighted by atomic mass is 16.4. The van der Waals surface area contributed by atoms with E-state index in [0.29, 0.717) is 11.3 Å². The number of phenols is 1. The van der Waals surface area contributed by atoms with Crippen molar-refractivity contribution in [1.82, 2.24) is 0 Å². The van der Waals surface area contributed by atoms with Crippen molar-refractivity contribution in [1.29, 1.82) is 0 Å². The Labute approximate surface area is 120 Å². The summed E-state index contributed by atoms with van der Waals surface area (Å²) in [4.78, 5) is 20.4. The maximum Gasteiger partial charge on any atom is 0.300 e. The standard InChI is InChI=1S/C14H20O2.C2H4O2/c1-8(2)12-6-11(10(5)15)7-13(9(3)4)14(12)16;1-2(3)4/h6-9,16H,1-5H3;1H3,(H,3,4). The summed E-state index contributed by atoms with van der Waals surface area (Å²) in [7, 11) is 0. The second-order valence-electron chi connectivity index (χ2n) is 5.39. The molecule has 1 rings (SSSR count). The van der Waals surface area contributed by atoms with Crippen LogP contribution in [0.4, 0.5) is 0 Å². The number of carboxylic acid groups (broad SMARTS) is 1. The average Bonchev–Trinajstić information content (AvgIpc) is 2.27. The Balaban J connectivity index is 0.000000796. The van der Waals surface area contributed by atoms with Gasteiger partial charge in [0.15, 0.2) is 5.78 Å². The van der Waals surface area contributed by atoms with Gasteiger partial charge in [-0.1, -0.05) is 27.7 Å². The molecule has 1 aromatic carbocycles. The van der Waals surface area contributed by atoms with E-state index in [-0.39, 0.29) is 17.6 Å². The van der Waals surface area contributed by atoms with Crippen molar-refractivity contribution in [3.8, 4) is 5.75 Å². The largest absolute Gasteiger partial charge is 0.507 e. The molecule has 1 aromatic rings. The molecule has 0 atom stereocenters. The number of hydrogen-bond acceptors (Lipinski definition) is 3. The van der Waals surface area contributed by atoms with Crippen molar-refractivity contribution < 1.29 is 19.8 Å². The van der Waals surface area contributed by atoms with Gasteiger partial charge in [0.05, 0.1) is 0 Å². The van der Waals surface area contributed by atoms with E-state index in [2.05, 4.69) is 0 Å². The number of aliphatic carboxylic acids is 1. The van der Waals surface area contributed by atoms with E-state index in [1.807, 2.05) is 27.7 Å². The molecule has 20 heavy (non-hydrogen) atoms. The van der Waals surface area contributed by atoms with E-state index < -0.39 is 5.97 Å². The fraction of sp³-hybridized carbons (Fsp3) is 0.500. The van der Waals surface area contributed by atoms with E-state index in [0.717, 1.165) is 18.1 Å². The summed E-state index contributed by atoms with van der Waals surface area (Å²) in [6, 6.07) is 3.60. The molecular weight excluding hydrogens is 256 g/mol. The zero-order valence-corrected chi connectivity index (χ0v) is 13.0. The van der Waals surface area contributed by atoms with Gasteiger partial charge in [-0.15, -0.1) is 0 Å². The van der Waals surface area contributed by atoms with Gasteiger partial charge in [-0.3, -0.25) is 9.59 Å². The van der Waals surface area contributed by atoms with Crippen LogP contribution in [0.3, 0.4) is 0 Å². The molecular formula is C16H24O4. The summed E-state index contributed by atoms with van der Waals surface area (Å²) in [5.41, 5.74) is 2.40. The zero-order valence-electron chi connectivity index (χ0n) is 13.0. The van der Waals surface area contributed by atoms with Gasteiger partial charge in [0.2, 0.25) is 0 Å². The lowest BCUT2D eigenvalue weighted by Gasteiger charge is -2.16. The van der Waals surface area contributed by atoms with Crippen molar-refractivity contribution in [2.75, 3.05) is 0 Å². The third kappa shape index (κ3) is 5.43. The van der Waals surface area contributed by atoms with Crippen LogP contribution in [0.2, 0.25) is 0 Å². The summed E-state index contributed by atoms with van der Waals surface area (Å²) in [5, 5.41) is 17.5. The Bertz CT molecular complexity index is 454. The number of Topliss-reactive ketones (excluding diaryl/α,β-unsaturated/α-hetero) is 1. The van der Waals surface area contributed by atoms with E-state index in [9.17, 15) is 9.90 Å². The predicted octanol–water partition coefficient (Wildman–Crippen LogP) is 3.93. The van der Waals surface area contributed by atoms with Crippen LogP contribution < -0.4 is 0 Å². The molecule has 0 fully saturated rings. The van der Waals surface area contributed by atoms with Gasteiger partial charge in [-0.05, 0) is 42.0 Å². The van der Waals surface area contributed by atoms with Crippen molar-refractivity contribution in [2.45, 2.75) is 53.4 Å². The van der Waals surface area contributed by atoms with Gasteiger partial charge in [0, 0.05) is 12.5 Å². The minimum absolute atomic E-state index is 0.0452. The number of carboxylic acids is 1. The molecule has 0 amide bonds. The minimum Gasteiger partial charge on any atom is -0.507 e. The topological polar surface area (TPSA) is 74.6 Å². The lowest BCUT2D eigenvalue weighted by Crippen LogP contribution is -2.01. The summed E-state index contributed by atoms with van der Waals surface area (Å²) < 4.78 is 0. The van der Waals surface area contributed by atoms with E-state index in [1.165, 1.54) is 0 Å². The summed E-state index contributed by atoms with van der Waals surface area (Å²) >= 11 is 0. The molecule has 0 aliphatic carbocycles. The fourth-order valence-corrected chi connectivity index (χ4v) is 1.76. The van der Waals surface area contributed by atoms with Crippen LogP contribution in [0.15, 0.2) is 12.1 Å². The van der Waals surface area contributed by atoms with Crippen LogP contribution in [0.25, 0.3) is 0 Å². The molecule has 4 nitrogen and oxygen atoms in total. The van der Waals surface area contributed by atoms with E-state index >= 15 is 0 Å². The molecule has 0 bridgehead atoms. The molecule has 0 saturated carbocycles. The molecule has 4 heteroatoms. The summed E-state index contributed by atoms with van der Waals surface area (Å²) in [6.45, 7) is 10.7. The summed E-state index contributed by atoms with van der Waals surface area (Å²) in [6.07, 6.45) is 0. The number of phenolic OH excluding ortho intramolecular Hbond substituents is 1. The SMILES string of the molecule is CC(=O)O.CC(=O)c1cc(C(C)C)c(O)c(C(C)C)c1. The van der Waals surface area contributed by atoms with Crippen LogP contribution in [-0.2, 0) is 4.79 Å². The number of carbonyl (C=O) groups is 2. The normalized spacial score (nSPS) is 10.2. The van der Waals surface area contributed by atoms with Crippen LogP contribution >= 0.6 is 0 Å². The first-order valence-electron chi connectivity index (χ1n) is 6.65. The van der Waals surface area contributed by atoms with Gasteiger partial charge < -0.3 is 10.2 Å². The lowest BCUT2D eigenvalue weighted by atomic mass is 9.91. The Hall–Kier alpha value is -1.84. The number of benzene rings is 1. The third-order valence-corrected chi connectivity index (χ3v) is 2.82. The first-order valence-corrected chi connectivity index (χ1v) is 6.65. The fourth-order valence-electron chi connectivity index (χ4n) is 1.76. The molecule has 0 aromatic heterocycles. The second kappa shape index (κ2) is 7.68. The van der Waals surface area contributed by atoms with Crippen LogP contribution in [-0.4, -0.2) is 22.0 Å². The molecule has 0 saturated heterocycles. The van der Waals surface area contributed by atoms with Gasteiger partial charge in [-0.25, -0.2) is 0 Å². The molecule has 0 unspecified atom stereocenters. The van der Waals surface area contributed by atoms with Crippen molar-refractivity contribution in [2.24, 2.45) is 0 Å². The Kier molecular flexibility index (Phi) is 6.97. The van der Waals surface area contributed by atoms with Crippen LogP contribution in [0.5, 0.6) is 5.75 Å². The van der Waals surface area contributed by atoms with E-state index in [4.69, 9.17) is 9.90 Å². The van der Waals surface area contributed by atoms with Gasteiger partial charge in [-0.2, -0.15) is 0 Å². The number of rotatable bonds is 3. The first kappa shape index (κ1) is 18.2. The minimum atomic E-state index is -0.833. The molecule has 112 valence electrons. The van der Waals surface area contributed by atoms with E-state index in [1.54, 1.807) is 19.1 Å². The van der Waals surface area contributed by atoms with Crippen LogP contribution in [0, 0.1) is 0 Å². The number of ketones is 1. The summed E-state index contributed by atoms with van der Waals surface area (Å²) in [5.74, 6) is -0.00704. The quantitative estimate of drug-likeness (QED) is 0.822. The number of aromatic hydroxyl groups is 1. The van der Waals surface area contributed by atoms with Crippen molar-refractivity contribution in [3.05, 3.63) is 28.8 Å². The Morgan fingerprint density at radius 2 is 1.25 bits per heavy atom. The van der Waals surface area contributed by atoms with Crippen molar-refractivity contribution in [3.63, 3.8) is 0 Å². The molecule has 0 heterocycles. The number of hydrogen-bond donors (Lipinski definition) is 2. The first-order chi connectivity index (χ1) is 9.07. The lowest BCUT2D eigenvalue weighted by molar-refractivity contribution is -0.134. The zero-order chi connectivity index (χ0) is 16.0. The highest BCUT2D eigenvalue weighted by molar-refractivity contribution is 5.94. The Morgan fingerprint density at radius 1 is 0.950 bits per heavy atom. The van der Waals surface area contributed by atoms with Crippen molar-refractivity contribution >= 4 is 11.8 Å². The van der Waals surface area contributed by atoms with Gasteiger partial charge in [0.25, 0.3) is 5.97 Å². The molecule has 0 aliphatic heterocycles. The van der Waals surface area contributed by atoms with Gasteiger partial charge >= 0.3 is 0 Å². The Morgan fingerprint density at radius 3 is 1.45 bits per heavy atom. The van der Waals surface area contributed by atoms with Gasteiger partial charge in [0.1, 0.15) is 5.75 Å². The predicted molar refractivity (Wildman–Crippen MR) is 79.6 cm³/mol. The third-order valence-electron chi connectivity index (χ3n) is 2.82. The molecule has 0 aliphatic rings.